The molecule has 0 N–H and O–H groups in total. The Kier molecular flexibility index (Phi) is 4.66. The molecule has 1 unspecified atom stereocenters. The van der Waals surface area contributed by atoms with Crippen LogP contribution in [-0.2, 0) is 6.42 Å². The highest BCUT2D eigenvalue weighted by atomic mass is 79.9. The van der Waals surface area contributed by atoms with Crippen LogP contribution in [0, 0.1) is 11.8 Å². The molecule has 1 fully saturated rings. The Balaban J connectivity index is 1.97. The summed E-state index contributed by atoms with van der Waals surface area (Å²) >= 11 is 3.61. The topological polar surface area (TPSA) is 17.8 Å². The average Bonchev–Trinajstić information content (AvgIpc) is 2.95. The average molecular weight is 299 g/mol. The van der Waals surface area contributed by atoms with Gasteiger partial charge in [-0.1, -0.05) is 42.6 Å². The maximum atomic E-state index is 4.76. The first kappa shape index (κ1) is 13.1. The van der Waals surface area contributed by atoms with Gasteiger partial charge in [0.05, 0.1) is 11.7 Å². The van der Waals surface area contributed by atoms with Gasteiger partial charge in [0.15, 0.2) is 0 Å². The maximum Gasteiger partial charge on any atom is 0.0627 e. The van der Waals surface area contributed by atoms with E-state index >= 15 is 0 Å². The number of hydrogen-bond donors (Lipinski definition) is 0. The van der Waals surface area contributed by atoms with Crippen molar-refractivity contribution in [2.24, 2.45) is 11.8 Å². The van der Waals surface area contributed by atoms with Gasteiger partial charge in [0.25, 0.3) is 0 Å². The molecular weight excluding hydrogens is 276 g/mol. The van der Waals surface area contributed by atoms with Crippen LogP contribution < -0.4 is 0 Å². The van der Waals surface area contributed by atoms with Gasteiger partial charge >= 0.3 is 0 Å². The van der Waals surface area contributed by atoms with Crippen molar-refractivity contribution in [3.63, 3.8) is 0 Å². The van der Waals surface area contributed by atoms with Crippen molar-refractivity contribution in [1.82, 2.24) is 9.78 Å². The predicted octanol–water partition coefficient (Wildman–Crippen LogP) is 4.21. The number of halogens is 1. The second-order valence-electron chi connectivity index (χ2n) is 5.59. The lowest BCUT2D eigenvalue weighted by molar-refractivity contribution is 0.413. The van der Waals surface area contributed by atoms with E-state index in [9.17, 15) is 0 Å². The summed E-state index contributed by atoms with van der Waals surface area (Å²) in [5.41, 5.74) is 1.26. The SMILES string of the molecule is CC(C)C(CBr)Cc1ccn(C2CCCC2)n1. The highest BCUT2D eigenvalue weighted by Gasteiger charge is 2.19. The molecule has 1 saturated carbocycles. The number of hydrogen-bond acceptors (Lipinski definition) is 1. The van der Waals surface area contributed by atoms with Crippen molar-refractivity contribution in [1.29, 1.82) is 0 Å². The van der Waals surface area contributed by atoms with Crippen LogP contribution in [0.2, 0.25) is 0 Å². The summed E-state index contributed by atoms with van der Waals surface area (Å²) in [6, 6.07) is 2.88. The van der Waals surface area contributed by atoms with Crippen molar-refractivity contribution >= 4 is 15.9 Å². The van der Waals surface area contributed by atoms with E-state index in [2.05, 4.69) is 46.7 Å². The zero-order chi connectivity index (χ0) is 12.3. The Bertz CT molecular complexity index is 340. The molecular formula is C14H23BrN2. The molecule has 2 rings (SSSR count). The fourth-order valence-electron chi connectivity index (χ4n) is 2.60. The van der Waals surface area contributed by atoms with Crippen LogP contribution in [0.1, 0.15) is 51.3 Å². The summed E-state index contributed by atoms with van der Waals surface area (Å²) in [5.74, 6) is 1.41. The fourth-order valence-corrected chi connectivity index (χ4v) is 3.57. The van der Waals surface area contributed by atoms with Crippen LogP contribution in [0.3, 0.4) is 0 Å². The third kappa shape index (κ3) is 3.34. The highest BCUT2D eigenvalue weighted by molar-refractivity contribution is 9.09. The van der Waals surface area contributed by atoms with Crippen molar-refractivity contribution in [2.45, 2.75) is 52.0 Å². The van der Waals surface area contributed by atoms with Crippen LogP contribution >= 0.6 is 15.9 Å². The summed E-state index contributed by atoms with van der Waals surface area (Å²) in [6.45, 7) is 4.58. The number of alkyl halides is 1. The molecule has 2 nitrogen and oxygen atoms in total. The lowest BCUT2D eigenvalue weighted by Crippen LogP contribution is -2.14. The Morgan fingerprint density at radius 2 is 2.12 bits per heavy atom. The molecule has 0 aliphatic heterocycles. The molecule has 0 saturated heterocycles. The molecule has 3 heteroatoms. The number of nitrogens with zero attached hydrogens (tertiary/aromatic N) is 2. The van der Waals surface area contributed by atoms with Crippen molar-refractivity contribution < 1.29 is 0 Å². The molecule has 1 aliphatic rings. The van der Waals surface area contributed by atoms with Crippen LogP contribution in [-0.4, -0.2) is 15.1 Å². The molecule has 17 heavy (non-hydrogen) atoms. The zero-order valence-electron chi connectivity index (χ0n) is 10.9. The van der Waals surface area contributed by atoms with Crippen LogP contribution in [0.5, 0.6) is 0 Å². The second-order valence-corrected chi connectivity index (χ2v) is 6.24. The molecule has 0 amide bonds. The Labute approximate surface area is 113 Å². The maximum absolute atomic E-state index is 4.76. The normalized spacial score (nSPS) is 19.1. The summed E-state index contributed by atoms with van der Waals surface area (Å²) in [5, 5.41) is 5.83. The second kappa shape index (κ2) is 6.03. The first-order chi connectivity index (χ1) is 8.20. The molecule has 1 aromatic rings. The van der Waals surface area contributed by atoms with Gasteiger partial charge in [-0.15, -0.1) is 0 Å². The largest absolute Gasteiger partial charge is 0.269 e. The monoisotopic (exact) mass is 298 g/mol. The van der Waals surface area contributed by atoms with Gasteiger partial charge in [-0.25, -0.2) is 0 Å². The van der Waals surface area contributed by atoms with Gasteiger partial charge in [0.2, 0.25) is 0 Å². The Morgan fingerprint density at radius 3 is 2.71 bits per heavy atom. The molecule has 1 atom stereocenters. The summed E-state index contributed by atoms with van der Waals surface area (Å²) in [6.07, 6.45) is 8.64. The lowest BCUT2D eigenvalue weighted by Gasteiger charge is -2.16. The van der Waals surface area contributed by atoms with Crippen LogP contribution in [0.25, 0.3) is 0 Å². The van der Waals surface area contributed by atoms with E-state index in [0.717, 1.165) is 11.8 Å². The van der Waals surface area contributed by atoms with Crippen LogP contribution in [0.15, 0.2) is 12.3 Å². The van der Waals surface area contributed by atoms with Crippen molar-refractivity contribution in [2.75, 3.05) is 5.33 Å². The van der Waals surface area contributed by atoms with E-state index in [1.54, 1.807) is 0 Å². The van der Waals surface area contributed by atoms with Gasteiger partial charge < -0.3 is 0 Å². The van der Waals surface area contributed by atoms with E-state index < -0.39 is 0 Å². The molecule has 1 aliphatic carbocycles. The predicted molar refractivity (Wildman–Crippen MR) is 75.6 cm³/mol. The number of aromatic nitrogens is 2. The molecule has 1 heterocycles. The molecule has 0 radical (unpaired) electrons. The van der Waals surface area contributed by atoms with Gasteiger partial charge in [-0.05, 0) is 37.2 Å². The van der Waals surface area contributed by atoms with Crippen LogP contribution in [0.4, 0.5) is 0 Å². The van der Waals surface area contributed by atoms with Gasteiger partial charge in [0.1, 0.15) is 0 Å². The standard InChI is InChI=1S/C14H23BrN2/c1-11(2)12(10-15)9-13-7-8-17(16-13)14-5-3-4-6-14/h7-8,11-12,14H,3-6,9-10H2,1-2H3. The van der Waals surface area contributed by atoms with Gasteiger partial charge in [0, 0.05) is 11.5 Å². The Hall–Kier alpha value is -0.310. The minimum absolute atomic E-state index is 0.672. The molecule has 0 aromatic carbocycles. The third-order valence-corrected chi connectivity index (χ3v) is 4.81. The smallest absolute Gasteiger partial charge is 0.0627 e. The summed E-state index contributed by atoms with van der Waals surface area (Å²) in [4.78, 5) is 0. The van der Waals surface area contributed by atoms with Crippen molar-refractivity contribution in [3.8, 4) is 0 Å². The summed E-state index contributed by atoms with van der Waals surface area (Å²) in [7, 11) is 0. The minimum Gasteiger partial charge on any atom is -0.269 e. The van der Waals surface area contributed by atoms with E-state index in [1.807, 2.05) is 0 Å². The first-order valence-electron chi connectivity index (χ1n) is 6.80. The Morgan fingerprint density at radius 1 is 1.41 bits per heavy atom. The molecule has 96 valence electrons. The van der Waals surface area contributed by atoms with E-state index in [0.29, 0.717) is 17.9 Å². The van der Waals surface area contributed by atoms with Gasteiger partial charge in [-0.2, -0.15) is 5.10 Å². The number of rotatable bonds is 5. The molecule has 1 aromatic heterocycles. The first-order valence-corrected chi connectivity index (χ1v) is 7.93. The van der Waals surface area contributed by atoms with Crippen molar-refractivity contribution in [3.05, 3.63) is 18.0 Å². The summed E-state index contributed by atoms with van der Waals surface area (Å²) < 4.78 is 2.20. The van der Waals surface area contributed by atoms with E-state index in [1.165, 1.54) is 31.4 Å². The van der Waals surface area contributed by atoms with Gasteiger partial charge in [-0.3, -0.25) is 4.68 Å². The molecule has 0 bridgehead atoms. The van der Waals surface area contributed by atoms with E-state index in [4.69, 9.17) is 5.10 Å². The highest BCUT2D eigenvalue weighted by Crippen LogP contribution is 2.29. The lowest BCUT2D eigenvalue weighted by atomic mass is 9.93. The van der Waals surface area contributed by atoms with E-state index in [-0.39, 0.29) is 0 Å². The minimum atomic E-state index is 0.672. The molecule has 0 spiro atoms. The quantitative estimate of drug-likeness (QED) is 0.745. The fraction of sp³-hybridized carbons (Fsp3) is 0.786. The zero-order valence-corrected chi connectivity index (χ0v) is 12.5. The third-order valence-electron chi connectivity index (χ3n) is 3.97.